The minimum absolute atomic E-state index is 0.0387. The number of anilines is 2. The molecule has 0 aliphatic heterocycles. The van der Waals surface area contributed by atoms with Crippen molar-refractivity contribution in [2.75, 3.05) is 15.8 Å². The van der Waals surface area contributed by atoms with Gasteiger partial charge >= 0.3 is 6.61 Å². The van der Waals surface area contributed by atoms with Crippen molar-refractivity contribution in [3.63, 3.8) is 0 Å². The molecule has 0 atom stereocenters. The number of rotatable bonds is 9. The van der Waals surface area contributed by atoms with Crippen molar-refractivity contribution in [3.05, 3.63) is 71.8 Å². The molecule has 182 valence electrons. The topological polar surface area (TPSA) is 111 Å². The van der Waals surface area contributed by atoms with Gasteiger partial charge in [0.25, 0.3) is 15.2 Å². The summed E-state index contributed by atoms with van der Waals surface area (Å²) in [5, 5.41) is 3.00. The minimum Gasteiger partial charge on any atom is -0.433 e. The van der Waals surface area contributed by atoms with E-state index in [1.54, 1.807) is 24.3 Å². The normalized spacial score (nSPS) is 11.5. The smallest absolute Gasteiger partial charge is 0.387 e. The molecule has 0 saturated heterocycles. The summed E-state index contributed by atoms with van der Waals surface area (Å²) in [4.78, 5) is 16.5. The monoisotopic (exact) mass is 539 g/mol. The Balaban J connectivity index is 1.43. The maximum Gasteiger partial charge on any atom is 0.387 e. The second-order valence-electron chi connectivity index (χ2n) is 6.94. The molecule has 2 N–H and O–H groups in total. The van der Waals surface area contributed by atoms with E-state index in [1.165, 1.54) is 42.5 Å². The quantitative estimate of drug-likeness (QED) is 0.266. The molecule has 4 rings (SSSR count). The number of para-hydroxylation sites is 2. The number of nitrogens with zero attached hydrogens (tertiary/aromatic N) is 1. The van der Waals surface area contributed by atoms with Gasteiger partial charge in [-0.05, 0) is 48.5 Å². The first-order valence-corrected chi connectivity index (χ1v) is 12.7. The van der Waals surface area contributed by atoms with Crippen molar-refractivity contribution in [2.24, 2.45) is 0 Å². The number of amides is 1. The molecule has 1 aromatic heterocycles. The van der Waals surface area contributed by atoms with E-state index in [9.17, 15) is 22.0 Å². The van der Waals surface area contributed by atoms with Gasteiger partial charge in [0.15, 0.2) is 5.58 Å². The lowest BCUT2D eigenvalue weighted by molar-refractivity contribution is -0.113. The van der Waals surface area contributed by atoms with E-state index in [-0.39, 0.29) is 32.8 Å². The molecular formula is C22H16ClF2N3O5S2. The fourth-order valence-electron chi connectivity index (χ4n) is 2.96. The van der Waals surface area contributed by atoms with Crippen LogP contribution in [0.15, 0.2) is 81.3 Å². The van der Waals surface area contributed by atoms with E-state index in [0.717, 1.165) is 11.8 Å². The highest BCUT2D eigenvalue weighted by atomic mass is 35.5. The number of thioether (sulfide) groups is 1. The molecule has 0 aliphatic carbocycles. The third kappa shape index (κ3) is 6.41. The number of oxazole rings is 1. The summed E-state index contributed by atoms with van der Waals surface area (Å²) in [5.41, 5.74) is 1.00. The van der Waals surface area contributed by atoms with Gasteiger partial charge in [-0.15, -0.1) is 0 Å². The summed E-state index contributed by atoms with van der Waals surface area (Å²) < 4.78 is 62.9. The molecule has 0 radical (unpaired) electrons. The molecule has 8 nitrogen and oxygen atoms in total. The molecule has 0 fully saturated rings. The molecule has 3 aromatic carbocycles. The van der Waals surface area contributed by atoms with Crippen molar-refractivity contribution in [3.8, 4) is 5.75 Å². The number of alkyl halides is 2. The zero-order valence-electron chi connectivity index (χ0n) is 17.6. The van der Waals surface area contributed by atoms with E-state index in [0.29, 0.717) is 16.3 Å². The SMILES string of the molecule is O=C(CSc1nc2cc(S(=O)(=O)Nc3cccc(Cl)c3)ccc2o1)Nc1ccccc1OC(F)F. The Hall–Kier alpha value is -3.35. The molecular weight excluding hydrogens is 524 g/mol. The summed E-state index contributed by atoms with van der Waals surface area (Å²) in [6.45, 7) is -3.03. The average molecular weight is 540 g/mol. The van der Waals surface area contributed by atoms with Crippen molar-refractivity contribution >= 4 is 61.8 Å². The van der Waals surface area contributed by atoms with Gasteiger partial charge in [0.1, 0.15) is 11.3 Å². The van der Waals surface area contributed by atoms with Crippen LogP contribution in [0.25, 0.3) is 11.1 Å². The number of aromatic nitrogens is 1. The Bertz CT molecular complexity index is 1480. The van der Waals surface area contributed by atoms with Gasteiger partial charge in [-0.1, -0.05) is 41.6 Å². The lowest BCUT2D eigenvalue weighted by Crippen LogP contribution is -2.15. The zero-order chi connectivity index (χ0) is 25.0. The highest BCUT2D eigenvalue weighted by Gasteiger charge is 2.18. The number of nitrogens with one attached hydrogen (secondary N) is 2. The van der Waals surface area contributed by atoms with Crippen LogP contribution in [0.2, 0.25) is 5.02 Å². The average Bonchev–Trinajstić information content (AvgIpc) is 3.21. The second-order valence-corrected chi connectivity index (χ2v) is 9.98. The maximum absolute atomic E-state index is 12.7. The standard InChI is InChI=1S/C22H16ClF2N3O5S2/c23-13-4-3-5-14(10-13)28-35(30,31)15-8-9-19-17(11-15)27-22(33-19)34-12-20(29)26-16-6-1-2-7-18(16)32-21(24)25/h1-11,21,28H,12H2,(H,26,29). The molecule has 0 saturated carbocycles. The Morgan fingerprint density at radius 1 is 1.11 bits per heavy atom. The minimum atomic E-state index is -3.91. The highest BCUT2D eigenvalue weighted by Crippen LogP contribution is 2.28. The van der Waals surface area contributed by atoms with Crippen LogP contribution in [0.4, 0.5) is 20.2 Å². The summed E-state index contributed by atoms with van der Waals surface area (Å²) in [7, 11) is -3.91. The fraction of sp³-hybridized carbons (Fsp3) is 0.0909. The number of hydrogen-bond acceptors (Lipinski definition) is 7. The number of halogens is 3. The molecule has 1 heterocycles. The summed E-state index contributed by atoms with van der Waals surface area (Å²) in [6.07, 6.45) is 0. The highest BCUT2D eigenvalue weighted by molar-refractivity contribution is 7.99. The van der Waals surface area contributed by atoms with E-state index in [4.69, 9.17) is 16.0 Å². The van der Waals surface area contributed by atoms with Crippen LogP contribution in [0.3, 0.4) is 0 Å². The Morgan fingerprint density at radius 2 is 1.91 bits per heavy atom. The molecule has 1 amide bonds. The Kier molecular flexibility index (Phi) is 7.43. The molecule has 35 heavy (non-hydrogen) atoms. The first kappa shape index (κ1) is 24.8. The third-order valence-corrected chi connectivity index (χ3v) is 6.87. The van der Waals surface area contributed by atoms with Gasteiger partial charge in [-0.2, -0.15) is 8.78 Å². The number of ether oxygens (including phenoxy) is 1. The van der Waals surface area contributed by atoms with Crippen molar-refractivity contribution < 1.29 is 31.1 Å². The largest absolute Gasteiger partial charge is 0.433 e. The second kappa shape index (κ2) is 10.5. The third-order valence-electron chi connectivity index (χ3n) is 4.43. The van der Waals surface area contributed by atoms with E-state index in [2.05, 4.69) is 19.8 Å². The summed E-state index contributed by atoms with van der Waals surface area (Å²) in [6, 6.07) is 16.2. The predicted octanol–water partition coefficient (Wildman–Crippen LogP) is 5.61. The van der Waals surface area contributed by atoms with E-state index >= 15 is 0 Å². The number of carbonyl (C=O) groups excluding carboxylic acids is 1. The van der Waals surface area contributed by atoms with E-state index < -0.39 is 22.5 Å². The van der Waals surface area contributed by atoms with Crippen LogP contribution >= 0.6 is 23.4 Å². The van der Waals surface area contributed by atoms with Gasteiger partial charge in [-0.3, -0.25) is 9.52 Å². The number of fused-ring (bicyclic) bond motifs is 1. The predicted molar refractivity (Wildman–Crippen MR) is 129 cm³/mol. The molecule has 13 heteroatoms. The lowest BCUT2D eigenvalue weighted by atomic mass is 10.3. The van der Waals surface area contributed by atoms with Gasteiger partial charge in [0, 0.05) is 5.02 Å². The van der Waals surface area contributed by atoms with Crippen molar-refractivity contribution in [1.82, 2.24) is 4.98 Å². The number of carbonyl (C=O) groups is 1. The molecule has 0 bridgehead atoms. The van der Waals surface area contributed by atoms with Gasteiger partial charge in [0.05, 0.1) is 22.0 Å². The van der Waals surface area contributed by atoms with E-state index in [1.807, 2.05) is 0 Å². The molecule has 0 aliphatic rings. The Labute approximate surface area is 207 Å². The van der Waals surface area contributed by atoms with Crippen LogP contribution < -0.4 is 14.8 Å². The molecule has 4 aromatic rings. The van der Waals surface area contributed by atoms with Crippen LogP contribution in [-0.4, -0.2) is 31.7 Å². The van der Waals surface area contributed by atoms with Crippen LogP contribution in [-0.2, 0) is 14.8 Å². The first-order valence-electron chi connectivity index (χ1n) is 9.85. The summed E-state index contributed by atoms with van der Waals surface area (Å²) >= 11 is 6.85. The zero-order valence-corrected chi connectivity index (χ0v) is 20.0. The van der Waals surface area contributed by atoms with Crippen molar-refractivity contribution in [1.29, 1.82) is 0 Å². The van der Waals surface area contributed by atoms with Crippen LogP contribution in [0, 0.1) is 0 Å². The van der Waals surface area contributed by atoms with Crippen LogP contribution in [0.1, 0.15) is 0 Å². The van der Waals surface area contributed by atoms with Gasteiger partial charge in [-0.25, -0.2) is 13.4 Å². The van der Waals surface area contributed by atoms with Crippen LogP contribution in [0.5, 0.6) is 5.75 Å². The maximum atomic E-state index is 12.7. The molecule has 0 unspecified atom stereocenters. The lowest BCUT2D eigenvalue weighted by Gasteiger charge is -2.11. The summed E-state index contributed by atoms with van der Waals surface area (Å²) in [5.74, 6) is -0.809. The number of hydrogen-bond donors (Lipinski definition) is 2. The fourth-order valence-corrected chi connectivity index (χ4v) is 4.86. The van der Waals surface area contributed by atoms with Crippen molar-refractivity contribution in [2.45, 2.75) is 16.7 Å². The van der Waals surface area contributed by atoms with Gasteiger partial charge in [0.2, 0.25) is 5.91 Å². The van der Waals surface area contributed by atoms with Gasteiger partial charge < -0.3 is 14.5 Å². The number of sulfonamides is 1. The Morgan fingerprint density at radius 3 is 2.69 bits per heavy atom. The number of benzene rings is 3. The molecule has 0 spiro atoms. The first-order chi connectivity index (χ1) is 16.7.